The molecule has 0 saturated heterocycles. The van der Waals surface area contributed by atoms with Gasteiger partial charge in [-0.3, -0.25) is 4.79 Å². The van der Waals surface area contributed by atoms with Crippen molar-refractivity contribution in [3.8, 4) is 0 Å². The van der Waals surface area contributed by atoms with Crippen molar-refractivity contribution in [1.82, 2.24) is 5.32 Å². The van der Waals surface area contributed by atoms with E-state index in [-0.39, 0.29) is 35.3 Å². The Labute approximate surface area is 176 Å². The number of nitrogens with one attached hydrogen (secondary N) is 1. The molecule has 0 aliphatic carbocycles. The molecular formula is C24H29F2NO3. The van der Waals surface area contributed by atoms with Gasteiger partial charge in [-0.05, 0) is 59.9 Å². The van der Waals surface area contributed by atoms with Crippen molar-refractivity contribution in [3.63, 3.8) is 0 Å². The molecule has 4 nitrogen and oxygen atoms in total. The average Bonchev–Trinajstić information content (AvgIpc) is 2.66. The molecule has 2 rings (SSSR count). The summed E-state index contributed by atoms with van der Waals surface area (Å²) < 4.78 is 32.1. The number of benzene rings is 2. The lowest BCUT2D eigenvalue weighted by Gasteiger charge is -2.38. The number of esters is 1. The molecule has 0 fully saturated rings. The van der Waals surface area contributed by atoms with Crippen molar-refractivity contribution in [1.29, 1.82) is 0 Å². The topological polar surface area (TPSA) is 55.4 Å². The van der Waals surface area contributed by atoms with Crippen LogP contribution in [-0.4, -0.2) is 24.5 Å². The quantitative estimate of drug-likeness (QED) is 0.627. The van der Waals surface area contributed by atoms with Crippen molar-refractivity contribution >= 4 is 11.9 Å². The van der Waals surface area contributed by atoms with Gasteiger partial charge in [0.15, 0.2) is 0 Å². The van der Waals surface area contributed by atoms with Gasteiger partial charge in [-0.2, -0.15) is 0 Å². The van der Waals surface area contributed by atoms with Crippen LogP contribution < -0.4 is 5.32 Å². The number of carbonyl (C=O) groups is 2. The zero-order valence-electron chi connectivity index (χ0n) is 18.0. The highest BCUT2D eigenvalue weighted by molar-refractivity contribution is 5.94. The lowest BCUT2D eigenvalue weighted by atomic mass is 9.74. The van der Waals surface area contributed by atoms with E-state index in [1.165, 1.54) is 48.5 Å². The maximum atomic E-state index is 13.2. The lowest BCUT2D eigenvalue weighted by Crippen LogP contribution is -2.45. The molecule has 2 atom stereocenters. The third kappa shape index (κ3) is 6.37. The second-order valence-corrected chi connectivity index (χ2v) is 8.81. The molecule has 0 spiro atoms. The van der Waals surface area contributed by atoms with Gasteiger partial charge in [0.1, 0.15) is 17.7 Å². The van der Waals surface area contributed by atoms with Crippen molar-refractivity contribution in [2.75, 3.05) is 6.54 Å². The smallest absolute Gasteiger partial charge is 0.338 e. The molecule has 6 heteroatoms. The Bertz CT molecular complexity index is 856. The van der Waals surface area contributed by atoms with Crippen LogP contribution in [0.5, 0.6) is 0 Å². The summed E-state index contributed by atoms with van der Waals surface area (Å²) in [6.07, 6.45) is -0.476. The van der Waals surface area contributed by atoms with E-state index in [1.807, 2.05) is 34.6 Å². The normalized spacial score (nSPS) is 13.6. The van der Waals surface area contributed by atoms with E-state index in [1.54, 1.807) is 0 Å². The van der Waals surface area contributed by atoms with Gasteiger partial charge in [0.05, 0.1) is 5.56 Å². The molecule has 0 aromatic heterocycles. The van der Waals surface area contributed by atoms with E-state index in [2.05, 4.69) is 5.32 Å². The van der Waals surface area contributed by atoms with Crippen LogP contribution in [0, 0.1) is 28.9 Å². The zero-order valence-corrected chi connectivity index (χ0v) is 18.0. The zero-order chi connectivity index (χ0) is 22.5. The third-order valence-corrected chi connectivity index (χ3v) is 5.08. The van der Waals surface area contributed by atoms with Crippen LogP contribution in [0.2, 0.25) is 0 Å². The molecule has 2 aromatic carbocycles. The second-order valence-electron chi connectivity index (χ2n) is 8.81. The molecule has 0 aliphatic heterocycles. The summed E-state index contributed by atoms with van der Waals surface area (Å²) in [4.78, 5) is 25.1. The Kier molecular flexibility index (Phi) is 7.71. The molecule has 0 heterocycles. The standard InChI is InChI=1S/C24H29F2NO3/c1-15(2)21(30-23(29)17-8-12-19(26)13-9-17)20(24(3,4)5)14-27-22(28)16-6-10-18(25)11-7-16/h6-13,15,20-21H,14H2,1-5H3,(H,27,28). The lowest BCUT2D eigenvalue weighted by molar-refractivity contribution is -0.0261. The Hall–Kier alpha value is -2.76. The highest BCUT2D eigenvalue weighted by atomic mass is 19.1. The minimum Gasteiger partial charge on any atom is -0.458 e. The predicted molar refractivity (Wildman–Crippen MR) is 112 cm³/mol. The molecular weight excluding hydrogens is 388 g/mol. The highest BCUT2D eigenvalue weighted by Crippen LogP contribution is 2.33. The molecule has 0 saturated carbocycles. The van der Waals surface area contributed by atoms with Crippen LogP contribution in [0.25, 0.3) is 0 Å². The molecule has 2 unspecified atom stereocenters. The van der Waals surface area contributed by atoms with E-state index in [0.717, 1.165) is 0 Å². The van der Waals surface area contributed by atoms with Gasteiger partial charge in [0.25, 0.3) is 5.91 Å². The van der Waals surface area contributed by atoms with Crippen molar-refractivity contribution in [2.45, 2.75) is 40.7 Å². The van der Waals surface area contributed by atoms with Crippen molar-refractivity contribution in [2.24, 2.45) is 17.3 Å². The number of hydrogen-bond donors (Lipinski definition) is 1. The number of rotatable bonds is 7. The summed E-state index contributed by atoms with van der Waals surface area (Å²) in [7, 11) is 0. The van der Waals surface area contributed by atoms with Gasteiger partial charge in [-0.1, -0.05) is 34.6 Å². The van der Waals surface area contributed by atoms with Gasteiger partial charge in [0.2, 0.25) is 0 Å². The number of halogens is 2. The van der Waals surface area contributed by atoms with Gasteiger partial charge < -0.3 is 10.1 Å². The number of hydrogen-bond acceptors (Lipinski definition) is 3. The Balaban J connectivity index is 2.16. The minimum absolute atomic E-state index is 0.0126. The maximum absolute atomic E-state index is 13.2. The van der Waals surface area contributed by atoms with E-state index in [4.69, 9.17) is 4.74 Å². The predicted octanol–water partition coefficient (Wildman–Crippen LogP) is 5.24. The first-order chi connectivity index (χ1) is 14.0. The molecule has 1 amide bonds. The van der Waals surface area contributed by atoms with E-state index in [0.29, 0.717) is 5.56 Å². The van der Waals surface area contributed by atoms with Gasteiger partial charge in [-0.25, -0.2) is 13.6 Å². The molecule has 1 N–H and O–H groups in total. The number of carbonyl (C=O) groups excluding carboxylic acids is 2. The summed E-state index contributed by atoms with van der Waals surface area (Å²) in [5.41, 5.74) is 0.340. The fourth-order valence-electron chi connectivity index (χ4n) is 3.28. The van der Waals surface area contributed by atoms with E-state index in [9.17, 15) is 18.4 Å². The fraction of sp³-hybridized carbons (Fsp3) is 0.417. The van der Waals surface area contributed by atoms with Crippen LogP contribution in [0.1, 0.15) is 55.3 Å². The van der Waals surface area contributed by atoms with Gasteiger partial charge in [-0.15, -0.1) is 0 Å². The molecule has 0 bridgehead atoms. The summed E-state index contributed by atoms with van der Waals surface area (Å²) in [6, 6.07) is 10.5. The largest absolute Gasteiger partial charge is 0.458 e. The second kappa shape index (κ2) is 9.83. The van der Waals surface area contributed by atoms with Gasteiger partial charge in [0, 0.05) is 18.0 Å². The van der Waals surface area contributed by atoms with Crippen LogP contribution in [0.3, 0.4) is 0 Å². The molecule has 2 aromatic rings. The Morgan fingerprint density at radius 1 is 0.900 bits per heavy atom. The molecule has 30 heavy (non-hydrogen) atoms. The third-order valence-electron chi connectivity index (χ3n) is 5.08. The van der Waals surface area contributed by atoms with E-state index < -0.39 is 23.7 Å². The summed E-state index contributed by atoms with van der Waals surface area (Å²) in [6.45, 7) is 10.2. The van der Waals surface area contributed by atoms with Crippen molar-refractivity contribution < 1.29 is 23.1 Å². The molecule has 0 radical (unpaired) electrons. The minimum atomic E-state index is -0.534. The average molecular weight is 417 g/mol. The SMILES string of the molecule is CC(C)C(OC(=O)c1ccc(F)cc1)C(CNC(=O)c1ccc(F)cc1)C(C)(C)C. The first kappa shape index (κ1) is 23.5. The monoisotopic (exact) mass is 417 g/mol. The number of amides is 1. The highest BCUT2D eigenvalue weighted by Gasteiger charge is 2.37. The maximum Gasteiger partial charge on any atom is 0.338 e. The van der Waals surface area contributed by atoms with Crippen LogP contribution in [0.4, 0.5) is 8.78 Å². The van der Waals surface area contributed by atoms with E-state index >= 15 is 0 Å². The summed E-state index contributed by atoms with van der Waals surface area (Å²) in [5, 5.41) is 2.88. The summed E-state index contributed by atoms with van der Waals surface area (Å²) in [5.74, 6) is -1.90. The number of ether oxygens (including phenoxy) is 1. The Morgan fingerprint density at radius 2 is 1.37 bits per heavy atom. The molecule has 0 aliphatic rings. The van der Waals surface area contributed by atoms with Crippen LogP contribution in [-0.2, 0) is 4.74 Å². The van der Waals surface area contributed by atoms with Crippen LogP contribution >= 0.6 is 0 Å². The van der Waals surface area contributed by atoms with Crippen LogP contribution in [0.15, 0.2) is 48.5 Å². The first-order valence-electron chi connectivity index (χ1n) is 9.99. The summed E-state index contributed by atoms with van der Waals surface area (Å²) >= 11 is 0. The van der Waals surface area contributed by atoms with Gasteiger partial charge >= 0.3 is 5.97 Å². The molecule has 162 valence electrons. The van der Waals surface area contributed by atoms with Crippen molar-refractivity contribution in [3.05, 3.63) is 71.3 Å². The fourth-order valence-corrected chi connectivity index (χ4v) is 3.28. The first-order valence-corrected chi connectivity index (χ1v) is 9.99. The Morgan fingerprint density at radius 3 is 1.80 bits per heavy atom.